The molecule has 2 aromatic carbocycles. The van der Waals surface area contributed by atoms with Crippen LogP contribution in [0.4, 0.5) is 0 Å². The summed E-state index contributed by atoms with van der Waals surface area (Å²) in [5, 5.41) is 3.46. The van der Waals surface area contributed by atoms with Crippen LogP contribution in [-0.4, -0.2) is 46.2 Å². The van der Waals surface area contributed by atoms with E-state index in [2.05, 4.69) is 12.2 Å². The average Bonchev–Trinajstić information content (AvgIpc) is 3.31. The third-order valence-electron chi connectivity index (χ3n) is 6.35. The second-order valence-electron chi connectivity index (χ2n) is 8.91. The van der Waals surface area contributed by atoms with Crippen molar-refractivity contribution >= 4 is 15.4 Å². The molecule has 0 spiro atoms. The number of hydrogen-bond donors (Lipinski definition) is 1. The van der Waals surface area contributed by atoms with Crippen LogP contribution in [0.1, 0.15) is 25.0 Å². The van der Waals surface area contributed by atoms with Crippen LogP contribution in [0, 0.1) is 0 Å². The van der Waals surface area contributed by atoms with Gasteiger partial charge < -0.3 is 23.9 Å². The van der Waals surface area contributed by atoms with Crippen molar-refractivity contribution in [1.82, 2.24) is 9.72 Å². The second kappa shape index (κ2) is 11.7. The quantitative estimate of drug-likeness (QED) is 0.284. The zero-order chi connectivity index (χ0) is 26.4. The SMILES string of the molecule is CCc1cn2ccccc2c1S(=O)(=O)c1ccc(OCC(C)NCCc2ccc(OC)c(OC)c2)cc1. The highest BCUT2D eigenvalue weighted by atomic mass is 32.2. The number of fused-ring (bicyclic) bond motifs is 1. The molecule has 1 unspecified atom stereocenters. The summed E-state index contributed by atoms with van der Waals surface area (Å²) in [5.74, 6) is 2.07. The maximum Gasteiger partial charge on any atom is 0.208 e. The Balaban J connectivity index is 1.34. The molecule has 0 radical (unpaired) electrons. The molecule has 0 aliphatic carbocycles. The number of sulfone groups is 1. The summed E-state index contributed by atoms with van der Waals surface area (Å²) in [5.41, 5.74) is 2.64. The minimum Gasteiger partial charge on any atom is -0.493 e. The van der Waals surface area contributed by atoms with Gasteiger partial charge in [-0.25, -0.2) is 8.42 Å². The van der Waals surface area contributed by atoms with Gasteiger partial charge in [-0.15, -0.1) is 0 Å². The van der Waals surface area contributed by atoms with E-state index in [-0.39, 0.29) is 10.9 Å². The molecule has 2 heterocycles. The van der Waals surface area contributed by atoms with Gasteiger partial charge in [-0.3, -0.25) is 0 Å². The fourth-order valence-corrected chi connectivity index (χ4v) is 6.05. The van der Waals surface area contributed by atoms with E-state index in [1.54, 1.807) is 38.5 Å². The summed E-state index contributed by atoms with van der Waals surface area (Å²) in [4.78, 5) is 0.629. The van der Waals surface area contributed by atoms with Crippen LogP contribution in [0.5, 0.6) is 17.2 Å². The zero-order valence-electron chi connectivity index (χ0n) is 21.7. The number of nitrogens with zero attached hydrogens (tertiary/aromatic N) is 1. The Labute approximate surface area is 218 Å². The molecule has 0 saturated heterocycles. The Hall–Kier alpha value is -3.49. The maximum atomic E-state index is 13.5. The minimum atomic E-state index is -3.67. The van der Waals surface area contributed by atoms with Gasteiger partial charge in [0.25, 0.3) is 0 Å². The smallest absolute Gasteiger partial charge is 0.208 e. The van der Waals surface area contributed by atoms with E-state index in [0.717, 1.165) is 29.8 Å². The van der Waals surface area contributed by atoms with Crippen molar-refractivity contribution in [2.75, 3.05) is 27.4 Å². The Morgan fingerprint density at radius 3 is 2.43 bits per heavy atom. The van der Waals surface area contributed by atoms with Crippen molar-refractivity contribution in [2.45, 2.75) is 42.5 Å². The number of ether oxygens (including phenoxy) is 3. The van der Waals surface area contributed by atoms with Gasteiger partial charge in [-0.05, 0) is 86.0 Å². The van der Waals surface area contributed by atoms with E-state index < -0.39 is 9.84 Å². The first-order chi connectivity index (χ1) is 17.9. The molecule has 4 rings (SSSR count). The first-order valence-corrected chi connectivity index (χ1v) is 13.9. The number of benzene rings is 2. The molecule has 0 saturated carbocycles. The number of hydrogen-bond acceptors (Lipinski definition) is 6. The molecular weight excluding hydrogens is 488 g/mol. The number of aryl methyl sites for hydroxylation is 1. The van der Waals surface area contributed by atoms with Crippen LogP contribution >= 0.6 is 0 Å². The van der Waals surface area contributed by atoms with Gasteiger partial charge in [-0.1, -0.05) is 19.1 Å². The van der Waals surface area contributed by atoms with Crippen molar-refractivity contribution in [3.05, 3.63) is 84.2 Å². The highest BCUT2D eigenvalue weighted by Crippen LogP contribution is 2.31. The van der Waals surface area contributed by atoms with Crippen molar-refractivity contribution in [3.63, 3.8) is 0 Å². The van der Waals surface area contributed by atoms with E-state index in [1.807, 2.05) is 60.1 Å². The summed E-state index contributed by atoms with van der Waals surface area (Å²) in [7, 11) is -0.411. The molecule has 8 heteroatoms. The van der Waals surface area contributed by atoms with Crippen LogP contribution in [0.3, 0.4) is 0 Å². The number of methoxy groups -OCH3 is 2. The molecule has 37 heavy (non-hydrogen) atoms. The molecule has 0 bridgehead atoms. The highest BCUT2D eigenvalue weighted by molar-refractivity contribution is 7.91. The summed E-state index contributed by atoms with van der Waals surface area (Å²) >= 11 is 0. The summed E-state index contributed by atoms with van der Waals surface area (Å²) in [6.45, 7) is 5.26. The Morgan fingerprint density at radius 2 is 1.73 bits per heavy atom. The third kappa shape index (κ3) is 5.92. The molecule has 196 valence electrons. The summed E-state index contributed by atoms with van der Waals surface area (Å²) in [6, 6.07) is 18.3. The van der Waals surface area contributed by atoms with Crippen LogP contribution in [0.25, 0.3) is 5.52 Å². The number of rotatable bonds is 12. The lowest BCUT2D eigenvalue weighted by atomic mass is 10.1. The predicted molar refractivity (Wildman–Crippen MR) is 145 cm³/mol. The van der Waals surface area contributed by atoms with Gasteiger partial charge in [0.05, 0.1) is 24.6 Å². The lowest BCUT2D eigenvalue weighted by Crippen LogP contribution is -2.33. The van der Waals surface area contributed by atoms with Crippen molar-refractivity contribution in [1.29, 1.82) is 0 Å². The monoisotopic (exact) mass is 522 g/mol. The summed E-state index contributed by atoms with van der Waals surface area (Å²) in [6.07, 6.45) is 5.23. The van der Waals surface area contributed by atoms with E-state index in [0.29, 0.717) is 34.9 Å². The number of nitrogens with one attached hydrogen (secondary N) is 1. The number of aromatic nitrogens is 1. The first-order valence-electron chi connectivity index (χ1n) is 12.4. The molecule has 4 aromatic rings. The largest absolute Gasteiger partial charge is 0.493 e. The average molecular weight is 523 g/mol. The Morgan fingerprint density at radius 1 is 0.973 bits per heavy atom. The van der Waals surface area contributed by atoms with E-state index in [9.17, 15) is 8.42 Å². The van der Waals surface area contributed by atoms with Crippen LogP contribution in [0.15, 0.2) is 82.8 Å². The van der Waals surface area contributed by atoms with Crippen molar-refractivity contribution < 1.29 is 22.6 Å². The highest BCUT2D eigenvalue weighted by Gasteiger charge is 2.25. The van der Waals surface area contributed by atoms with Gasteiger partial charge in [0.15, 0.2) is 11.5 Å². The first kappa shape index (κ1) is 26.6. The predicted octanol–water partition coefficient (Wildman–Crippen LogP) is 4.95. The van der Waals surface area contributed by atoms with Gasteiger partial charge in [0.1, 0.15) is 17.3 Å². The fourth-order valence-electron chi connectivity index (χ4n) is 4.33. The topological polar surface area (TPSA) is 78.3 Å². The molecular formula is C29H34N2O5S. The van der Waals surface area contributed by atoms with E-state index in [4.69, 9.17) is 14.2 Å². The maximum absolute atomic E-state index is 13.5. The standard InChI is InChI=1S/C29H34N2O5S/c1-5-23-19-31-17-7-6-8-26(31)29(23)37(32,33)25-12-10-24(11-13-25)36-20-21(2)30-16-15-22-9-14-27(34-3)28(18-22)35-4/h6-14,17-19,21,30H,5,15-16,20H2,1-4H3. The van der Waals surface area contributed by atoms with E-state index >= 15 is 0 Å². The number of pyridine rings is 1. The molecule has 7 nitrogen and oxygen atoms in total. The second-order valence-corrected chi connectivity index (χ2v) is 10.8. The van der Waals surface area contributed by atoms with Crippen LogP contribution in [0.2, 0.25) is 0 Å². The van der Waals surface area contributed by atoms with Crippen molar-refractivity contribution in [2.24, 2.45) is 0 Å². The van der Waals surface area contributed by atoms with Crippen LogP contribution < -0.4 is 19.5 Å². The normalized spacial score (nSPS) is 12.4. The minimum absolute atomic E-state index is 0.114. The molecule has 1 atom stereocenters. The van der Waals surface area contributed by atoms with Crippen molar-refractivity contribution in [3.8, 4) is 17.2 Å². The van der Waals surface area contributed by atoms with E-state index in [1.165, 1.54) is 0 Å². The van der Waals surface area contributed by atoms with Gasteiger partial charge in [-0.2, -0.15) is 0 Å². The van der Waals surface area contributed by atoms with Gasteiger partial charge >= 0.3 is 0 Å². The lowest BCUT2D eigenvalue weighted by molar-refractivity contribution is 0.274. The van der Waals surface area contributed by atoms with Crippen LogP contribution in [-0.2, 0) is 22.7 Å². The molecule has 0 fully saturated rings. The molecule has 0 amide bonds. The zero-order valence-corrected chi connectivity index (χ0v) is 22.5. The summed E-state index contributed by atoms with van der Waals surface area (Å²) < 4.78 is 45.4. The Kier molecular flexibility index (Phi) is 8.41. The lowest BCUT2D eigenvalue weighted by Gasteiger charge is -2.16. The molecule has 0 aliphatic heterocycles. The fraction of sp³-hybridized carbons (Fsp3) is 0.310. The Bertz CT molecular complexity index is 1450. The van der Waals surface area contributed by atoms with Gasteiger partial charge in [0.2, 0.25) is 9.84 Å². The molecule has 2 aromatic heterocycles. The molecule has 1 N–H and O–H groups in total. The van der Waals surface area contributed by atoms with Gasteiger partial charge in [0, 0.05) is 18.4 Å². The third-order valence-corrected chi connectivity index (χ3v) is 8.25. The molecule has 0 aliphatic rings.